The molecule has 0 radical (unpaired) electrons. The highest BCUT2D eigenvalue weighted by atomic mass is 16.3. The van der Waals surface area contributed by atoms with Crippen LogP contribution in [-0.4, -0.2) is 126 Å². The lowest BCUT2D eigenvalue weighted by molar-refractivity contribution is -0.136. The molecule has 3 aliphatic heterocycles. The fourth-order valence-electron chi connectivity index (χ4n) is 4.41. The molecule has 3 unspecified atom stereocenters. The molecule has 0 bridgehead atoms. The Morgan fingerprint density at radius 1 is 1.03 bits per heavy atom. The van der Waals surface area contributed by atoms with Crippen LogP contribution in [0, 0.1) is 0 Å². The van der Waals surface area contributed by atoms with E-state index in [1.165, 1.54) is 11.9 Å². The number of benzene rings is 1. The number of carbonyl (C=O) groups excluding carboxylic acids is 2. The Morgan fingerprint density at radius 3 is 2.37 bits per heavy atom. The van der Waals surface area contributed by atoms with E-state index in [1.807, 2.05) is 35.2 Å². The minimum atomic E-state index is -0.637. The standard InChI is InChI=1S/C21H30N6O3/c1-23-9-11-26(12-10-23)13-16(28)14-27-17-19(24(2)21(30)25(3)20(17)29)22-18(27)15-7-5-4-6-8-15/h4-8,16-17,19,28H,9-14H2,1-3H3. The van der Waals surface area contributed by atoms with Crippen LogP contribution in [0.4, 0.5) is 4.79 Å². The SMILES string of the molecule is CN1CCN(CC(O)CN2C(c3ccccc3)=NC3C2C(=O)N(C)C(=O)N3C)CC1. The summed E-state index contributed by atoms with van der Waals surface area (Å²) < 4.78 is 0. The molecule has 0 saturated carbocycles. The van der Waals surface area contributed by atoms with Crippen molar-refractivity contribution in [1.29, 1.82) is 0 Å². The molecular weight excluding hydrogens is 384 g/mol. The number of likely N-dealkylation sites (N-methyl/N-ethyl adjacent to an activating group) is 3. The van der Waals surface area contributed by atoms with Gasteiger partial charge in [0.05, 0.1) is 6.10 Å². The summed E-state index contributed by atoms with van der Waals surface area (Å²) >= 11 is 0. The first-order chi connectivity index (χ1) is 14.4. The normalized spacial score (nSPS) is 26.8. The molecule has 0 spiro atoms. The molecule has 2 fully saturated rings. The van der Waals surface area contributed by atoms with Crippen molar-refractivity contribution >= 4 is 17.8 Å². The Kier molecular flexibility index (Phi) is 5.77. The van der Waals surface area contributed by atoms with E-state index in [2.05, 4.69) is 16.8 Å². The van der Waals surface area contributed by atoms with E-state index >= 15 is 0 Å². The average molecular weight is 415 g/mol. The number of amides is 3. The van der Waals surface area contributed by atoms with Gasteiger partial charge in [-0.25, -0.2) is 9.79 Å². The smallest absolute Gasteiger partial charge is 0.328 e. The zero-order valence-electron chi connectivity index (χ0n) is 17.8. The maximum absolute atomic E-state index is 13.0. The van der Waals surface area contributed by atoms with Gasteiger partial charge in [0.25, 0.3) is 5.91 Å². The third-order valence-electron chi connectivity index (χ3n) is 6.22. The van der Waals surface area contributed by atoms with Crippen molar-refractivity contribution in [3.05, 3.63) is 35.9 Å². The van der Waals surface area contributed by atoms with Gasteiger partial charge in [-0.3, -0.25) is 14.6 Å². The van der Waals surface area contributed by atoms with Crippen LogP contribution >= 0.6 is 0 Å². The number of carbonyl (C=O) groups is 2. The van der Waals surface area contributed by atoms with E-state index in [9.17, 15) is 14.7 Å². The number of fused-ring (bicyclic) bond motifs is 1. The second-order valence-corrected chi connectivity index (χ2v) is 8.38. The first-order valence-corrected chi connectivity index (χ1v) is 10.4. The molecular formula is C21H30N6O3. The average Bonchev–Trinajstić information content (AvgIpc) is 3.12. The minimum Gasteiger partial charge on any atom is -0.390 e. The topological polar surface area (TPSA) is 82.9 Å². The third kappa shape index (κ3) is 3.80. The van der Waals surface area contributed by atoms with Crippen LogP contribution in [0.1, 0.15) is 5.56 Å². The largest absolute Gasteiger partial charge is 0.390 e. The van der Waals surface area contributed by atoms with Crippen LogP contribution in [0.5, 0.6) is 0 Å². The fourth-order valence-corrected chi connectivity index (χ4v) is 4.41. The lowest BCUT2D eigenvalue weighted by Gasteiger charge is -2.41. The third-order valence-corrected chi connectivity index (χ3v) is 6.22. The first kappa shape index (κ1) is 20.8. The lowest BCUT2D eigenvalue weighted by Crippen LogP contribution is -2.64. The molecule has 4 rings (SSSR count). The van der Waals surface area contributed by atoms with Gasteiger partial charge in [0.1, 0.15) is 5.84 Å². The summed E-state index contributed by atoms with van der Waals surface area (Å²) in [6, 6.07) is 8.64. The van der Waals surface area contributed by atoms with Crippen molar-refractivity contribution in [1.82, 2.24) is 24.5 Å². The Labute approximate surface area is 177 Å². The molecule has 9 nitrogen and oxygen atoms in total. The molecule has 3 amide bonds. The van der Waals surface area contributed by atoms with E-state index in [-0.39, 0.29) is 18.5 Å². The van der Waals surface area contributed by atoms with E-state index in [0.29, 0.717) is 12.4 Å². The first-order valence-electron chi connectivity index (χ1n) is 10.4. The summed E-state index contributed by atoms with van der Waals surface area (Å²) in [7, 11) is 5.26. The molecule has 3 atom stereocenters. The number of aliphatic imine (C=N–C) groups is 1. The number of piperazine rings is 1. The maximum atomic E-state index is 13.0. The van der Waals surface area contributed by atoms with Crippen LogP contribution in [0.15, 0.2) is 35.3 Å². The summed E-state index contributed by atoms with van der Waals surface area (Å²) in [5, 5.41) is 10.9. The van der Waals surface area contributed by atoms with Gasteiger partial charge in [0.2, 0.25) is 0 Å². The minimum absolute atomic E-state index is 0.281. The van der Waals surface area contributed by atoms with E-state index < -0.39 is 18.3 Å². The maximum Gasteiger partial charge on any atom is 0.328 e. The number of imide groups is 1. The highest BCUT2D eigenvalue weighted by Gasteiger charge is 2.51. The van der Waals surface area contributed by atoms with Gasteiger partial charge in [-0.2, -0.15) is 0 Å². The van der Waals surface area contributed by atoms with Crippen molar-refractivity contribution in [3.8, 4) is 0 Å². The predicted octanol–water partition coefficient (Wildman–Crippen LogP) is -0.424. The molecule has 3 aliphatic rings. The summed E-state index contributed by atoms with van der Waals surface area (Å²) in [5.74, 6) is 0.357. The van der Waals surface area contributed by atoms with Gasteiger partial charge in [0.15, 0.2) is 12.2 Å². The van der Waals surface area contributed by atoms with Gasteiger partial charge in [-0.05, 0) is 7.05 Å². The van der Waals surface area contributed by atoms with E-state index in [0.717, 1.165) is 36.6 Å². The molecule has 0 aliphatic carbocycles. The molecule has 1 aromatic carbocycles. The second-order valence-electron chi connectivity index (χ2n) is 8.38. The second kappa shape index (κ2) is 8.33. The van der Waals surface area contributed by atoms with Crippen LogP contribution in [0.3, 0.4) is 0 Å². The van der Waals surface area contributed by atoms with Crippen LogP contribution < -0.4 is 0 Å². The highest BCUT2D eigenvalue weighted by molar-refractivity contribution is 6.08. The monoisotopic (exact) mass is 414 g/mol. The molecule has 0 aromatic heterocycles. The van der Waals surface area contributed by atoms with Crippen LogP contribution in [-0.2, 0) is 4.79 Å². The Hall–Kier alpha value is -2.49. The number of β-amino-alcohol motifs (C(OH)–C–C–N with tert-alkyl or cyclic N) is 1. The van der Waals surface area contributed by atoms with Gasteiger partial charge >= 0.3 is 6.03 Å². The van der Waals surface area contributed by atoms with Crippen molar-refractivity contribution in [2.45, 2.75) is 18.3 Å². The summed E-state index contributed by atoms with van der Waals surface area (Å²) in [6.45, 7) is 4.61. The number of nitrogens with zero attached hydrogens (tertiary/aromatic N) is 6. The van der Waals surface area contributed by atoms with Crippen molar-refractivity contribution < 1.29 is 14.7 Å². The van der Waals surface area contributed by atoms with Gasteiger partial charge in [0, 0.05) is 58.9 Å². The number of aliphatic hydroxyl groups excluding tert-OH is 1. The van der Waals surface area contributed by atoms with E-state index in [4.69, 9.17) is 4.99 Å². The van der Waals surface area contributed by atoms with E-state index in [1.54, 1.807) is 7.05 Å². The number of hydrogen-bond acceptors (Lipinski definition) is 7. The number of urea groups is 1. The molecule has 9 heteroatoms. The molecule has 2 saturated heterocycles. The zero-order chi connectivity index (χ0) is 21.4. The van der Waals surface area contributed by atoms with Crippen LogP contribution in [0.25, 0.3) is 0 Å². The Balaban J connectivity index is 1.57. The lowest BCUT2D eigenvalue weighted by atomic mass is 10.1. The molecule has 1 N–H and O–H groups in total. The van der Waals surface area contributed by atoms with Gasteiger partial charge < -0.3 is 19.8 Å². The highest BCUT2D eigenvalue weighted by Crippen LogP contribution is 2.29. The van der Waals surface area contributed by atoms with Gasteiger partial charge in [-0.15, -0.1) is 0 Å². The predicted molar refractivity (Wildman–Crippen MR) is 113 cm³/mol. The molecule has 162 valence electrons. The summed E-state index contributed by atoms with van der Waals surface area (Å²) in [5.41, 5.74) is 0.870. The van der Waals surface area contributed by atoms with Crippen LogP contribution in [0.2, 0.25) is 0 Å². The van der Waals surface area contributed by atoms with Crippen molar-refractivity contribution in [3.63, 3.8) is 0 Å². The number of hydrogen-bond donors (Lipinski definition) is 1. The zero-order valence-corrected chi connectivity index (χ0v) is 17.8. The van der Waals surface area contributed by atoms with Crippen molar-refractivity contribution in [2.75, 3.05) is 60.4 Å². The molecule has 1 aromatic rings. The van der Waals surface area contributed by atoms with Crippen molar-refractivity contribution in [2.24, 2.45) is 4.99 Å². The molecule has 30 heavy (non-hydrogen) atoms. The Morgan fingerprint density at radius 2 is 1.70 bits per heavy atom. The van der Waals surface area contributed by atoms with Gasteiger partial charge in [-0.1, -0.05) is 30.3 Å². The number of amidine groups is 1. The quantitative estimate of drug-likeness (QED) is 0.705. The summed E-state index contributed by atoms with van der Waals surface area (Å²) in [4.78, 5) is 39.3. The Bertz CT molecular complexity index is 823. The number of rotatable bonds is 5. The molecule has 3 heterocycles. The number of aliphatic hydroxyl groups is 1. The fraction of sp³-hybridized carbons (Fsp3) is 0.571. The summed E-state index contributed by atoms with van der Waals surface area (Å²) in [6.07, 6.45) is -1.23.